The van der Waals surface area contributed by atoms with Gasteiger partial charge in [0.1, 0.15) is 5.82 Å². The minimum absolute atomic E-state index is 0. The molecule has 0 saturated carbocycles. The van der Waals surface area contributed by atoms with Gasteiger partial charge in [0.05, 0.1) is 0 Å². The van der Waals surface area contributed by atoms with Crippen LogP contribution in [-0.2, 0) is 37.3 Å². The maximum absolute atomic E-state index is 8.78. The Morgan fingerprint density at radius 1 is 0.542 bits per heavy atom. The van der Waals surface area contributed by atoms with Gasteiger partial charge in [0.15, 0.2) is 0 Å². The van der Waals surface area contributed by atoms with E-state index in [1.807, 2.05) is 123 Å². The van der Waals surface area contributed by atoms with Gasteiger partial charge in [-0.15, -0.1) is 23.6 Å². The van der Waals surface area contributed by atoms with Crippen molar-refractivity contribution in [3.05, 3.63) is 206 Å². The molecule has 11 aromatic rings. The van der Waals surface area contributed by atoms with Gasteiger partial charge in [-0.2, -0.15) is 6.07 Å². The van der Waals surface area contributed by atoms with Crippen LogP contribution in [0.15, 0.2) is 170 Å². The Morgan fingerprint density at radius 2 is 1.15 bits per heavy atom. The van der Waals surface area contributed by atoms with Crippen LogP contribution in [0.25, 0.3) is 82.1 Å². The molecule has 360 valence electrons. The minimum Gasteiger partial charge on any atom is -0.508 e. The predicted molar refractivity (Wildman–Crippen MR) is 296 cm³/mol. The van der Waals surface area contributed by atoms with E-state index in [1.54, 1.807) is 12.4 Å². The van der Waals surface area contributed by atoms with Crippen LogP contribution >= 0.6 is 0 Å². The van der Waals surface area contributed by atoms with Crippen LogP contribution in [0.4, 0.5) is 11.4 Å². The minimum atomic E-state index is -3.48. The molecule has 6 nitrogen and oxygen atoms in total. The van der Waals surface area contributed by atoms with E-state index in [-0.39, 0.29) is 32.0 Å². The Bertz CT molecular complexity index is 4350. The third-order valence-electron chi connectivity index (χ3n) is 13.8. The van der Waals surface area contributed by atoms with Crippen LogP contribution in [-0.4, -0.2) is 19.1 Å². The summed E-state index contributed by atoms with van der Waals surface area (Å²) in [6.45, 7) is 3.89. The predicted octanol–water partition coefficient (Wildman–Crippen LogP) is 17.2. The standard InChI is InChI=1S/C65H56N5O.Pt/c1-63(2,3)42-30-31-67-60(35-42)70-57-26-15-14-22-53(57)54-29-28-46(37-59(54)70)71-47-36-45(38-66-39-47)68-40-69-61-48(41-32-43(64(4,5)6)34-44(33-41)65(7,8)9)23-16-24-55(61)51-20-12-10-18-49(51)50-19-11-13-21-52(50)56-25-17-27-58(68)62(56)69;/h10-35,38-40H,1-9H3;/q-3;/i4D3,5D3,6D3;. The number of hydrogen-bond donors (Lipinski definition) is 0. The van der Waals surface area contributed by atoms with Crippen LogP contribution in [0, 0.1) is 18.8 Å². The summed E-state index contributed by atoms with van der Waals surface area (Å²) in [5, 5.41) is 7.62. The van der Waals surface area contributed by atoms with Crippen molar-refractivity contribution in [2.75, 3.05) is 4.90 Å². The molecular formula is C65H56N5OPt-3. The fourth-order valence-electron chi connectivity index (χ4n) is 10.2. The quantitative estimate of drug-likeness (QED) is 0.161. The average Bonchev–Trinajstić information content (AvgIpc) is 4.19. The zero-order valence-corrected chi connectivity index (χ0v) is 43.0. The van der Waals surface area contributed by atoms with Gasteiger partial charge in [0.25, 0.3) is 0 Å². The molecule has 4 aromatic heterocycles. The van der Waals surface area contributed by atoms with Crippen molar-refractivity contribution in [3.8, 4) is 28.4 Å². The molecule has 1 aliphatic heterocycles. The first-order valence-corrected chi connectivity index (χ1v) is 23.9. The molecule has 0 unspecified atom stereocenters. The number of para-hydroxylation sites is 3. The molecule has 0 radical (unpaired) electrons. The van der Waals surface area contributed by atoms with E-state index in [2.05, 4.69) is 96.6 Å². The molecular weight excluding hydrogens is 1060 g/mol. The second kappa shape index (κ2) is 17.4. The van der Waals surface area contributed by atoms with E-state index in [0.717, 1.165) is 76.7 Å². The molecule has 0 atom stereocenters. The molecule has 0 saturated heterocycles. The number of hydrogen-bond acceptors (Lipinski definition) is 4. The van der Waals surface area contributed by atoms with Gasteiger partial charge in [-0.3, -0.25) is 0 Å². The monoisotopic (exact) mass is 1130 g/mol. The normalized spacial score (nSPS) is 15.1. The first kappa shape index (κ1) is 37.4. The zero-order valence-electron chi connectivity index (χ0n) is 49.7. The van der Waals surface area contributed by atoms with E-state index in [0.29, 0.717) is 39.4 Å². The largest absolute Gasteiger partial charge is 0.508 e. The summed E-state index contributed by atoms with van der Waals surface area (Å²) in [6, 6.07) is 56.8. The summed E-state index contributed by atoms with van der Waals surface area (Å²) < 4.78 is 90.0. The summed E-state index contributed by atoms with van der Waals surface area (Å²) in [5.41, 5.74) is 3.04. The van der Waals surface area contributed by atoms with Crippen molar-refractivity contribution in [1.82, 2.24) is 19.1 Å². The van der Waals surface area contributed by atoms with Crippen molar-refractivity contribution >= 4 is 76.5 Å². The van der Waals surface area contributed by atoms with Gasteiger partial charge >= 0.3 is 0 Å². The van der Waals surface area contributed by atoms with E-state index < -0.39 is 31.4 Å². The number of pyridine rings is 2. The van der Waals surface area contributed by atoms with Crippen molar-refractivity contribution in [2.24, 2.45) is 0 Å². The smallest absolute Gasteiger partial charge is 0.135 e. The van der Waals surface area contributed by atoms with Gasteiger partial charge in [-0.1, -0.05) is 195 Å². The van der Waals surface area contributed by atoms with Gasteiger partial charge < -0.3 is 23.8 Å². The Kier molecular flexibility index (Phi) is 9.05. The molecule has 0 amide bonds. The number of aromatic nitrogens is 4. The second-order valence-corrected chi connectivity index (χ2v) is 20.6. The Hall–Kier alpha value is -7.40. The molecule has 0 aliphatic carbocycles. The first-order valence-electron chi connectivity index (χ1n) is 28.4. The maximum Gasteiger partial charge on any atom is 0.135 e. The van der Waals surface area contributed by atoms with Crippen LogP contribution in [0.3, 0.4) is 0 Å². The number of anilines is 2. The topological polar surface area (TPSA) is 48.1 Å². The molecule has 5 heterocycles. The molecule has 0 fully saturated rings. The number of nitrogens with zero attached hydrogens (tertiary/aromatic N) is 5. The first-order chi connectivity index (χ1) is 37.8. The van der Waals surface area contributed by atoms with Gasteiger partial charge in [-0.05, 0) is 130 Å². The van der Waals surface area contributed by atoms with Crippen molar-refractivity contribution in [1.29, 1.82) is 0 Å². The van der Waals surface area contributed by atoms with Crippen LogP contribution in [0.2, 0.25) is 0 Å². The Balaban J connectivity index is 0.00000690. The number of ether oxygens (including phenoxy) is 1. The number of rotatable bonds is 5. The maximum atomic E-state index is 8.78. The van der Waals surface area contributed by atoms with E-state index >= 15 is 0 Å². The number of benzene rings is 7. The Morgan fingerprint density at radius 3 is 1.83 bits per heavy atom. The van der Waals surface area contributed by atoms with Crippen LogP contribution in [0.5, 0.6) is 11.5 Å². The summed E-state index contributed by atoms with van der Waals surface area (Å²) in [4.78, 5) is 11.6. The third-order valence-corrected chi connectivity index (χ3v) is 13.8. The van der Waals surface area contributed by atoms with E-state index in [9.17, 15) is 0 Å². The molecule has 0 spiro atoms. The fraction of sp³-hybridized carbons (Fsp3) is 0.185. The van der Waals surface area contributed by atoms with Crippen molar-refractivity contribution < 1.29 is 38.1 Å². The summed E-state index contributed by atoms with van der Waals surface area (Å²) in [5.74, 6) is 1.56. The van der Waals surface area contributed by atoms with E-state index in [1.165, 1.54) is 12.1 Å². The molecule has 1 aliphatic rings. The summed E-state index contributed by atoms with van der Waals surface area (Å²) in [7, 11) is 0. The van der Waals surface area contributed by atoms with Crippen molar-refractivity contribution in [2.45, 2.75) is 78.3 Å². The molecule has 12 rings (SSSR count). The van der Waals surface area contributed by atoms with Gasteiger partial charge in [-0.25, -0.2) is 4.98 Å². The van der Waals surface area contributed by atoms with Gasteiger partial charge in [0.2, 0.25) is 0 Å². The molecule has 7 aromatic carbocycles. The second-order valence-electron chi connectivity index (χ2n) is 20.6. The SMILES string of the molecule is [2H]C([2H])([2H])C(c1cc(-c2cccc3c4ccccc4c4ccccc4c4cccc5c4n(c23)[CH-]N5c2[c-]c(Oc3[c-]c4c(cc3)c3ccccc3n4-c3cc(C(C)(C)C)ccn3)cnc2)cc(C(C)(C)C)c1)(C([2H])([2H])[2H])C([2H])([2H])[2H].[Pt]. The molecule has 72 heavy (non-hydrogen) atoms. The average molecular weight is 1130 g/mol. The number of fused-ring (bicyclic) bond motifs is 10. The van der Waals surface area contributed by atoms with Crippen molar-refractivity contribution in [3.63, 3.8) is 0 Å². The fourth-order valence-corrected chi connectivity index (χ4v) is 10.2. The van der Waals surface area contributed by atoms with E-state index in [4.69, 9.17) is 27.0 Å². The zero-order chi connectivity index (χ0) is 56.5. The summed E-state index contributed by atoms with van der Waals surface area (Å²) >= 11 is 0. The molecule has 7 heteroatoms. The van der Waals surface area contributed by atoms with Crippen LogP contribution < -0.4 is 9.64 Å². The van der Waals surface area contributed by atoms with Gasteiger partial charge in [0, 0.05) is 62.3 Å². The van der Waals surface area contributed by atoms with Crippen LogP contribution in [0.1, 0.15) is 91.1 Å². The molecule has 0 bridgehead atoms. The summed E-state index contributed by atoms with van der Waals surface area (Å²) in [6.07, 6.45) is 5.19. The third kappa shape index (κ3) is 7.97. The Labute approximate surface area is 449 Å². The molecule has 0 N–H and O–H groups in total.